The summed E-state index contributed by atoms with van der Waals surface area (Å²) in [5.41, 5.74) is 0. The Morgan fingerprint density at radius 2 is 1.88 bits per heavy atom. The number of nitrogens with one attached hydrogen (secondary N) is 1. The van der Waals surface area contributed by atoms with Gasteiger partial charge in [0, 0.05) is 19.0 Å². The number of rotatable bonds is 6. The Morgan fingerprint density at radius 3 is 2.44 bits per heavy atom. The van der Waals surface area contributed by atoms with Gasteiger partial charge in [-0.25, -0.2) is 13.1 Å². The van der Waals surface area contributed by atoms with Gasteiger partial charge in [-0.05, 0) is 24.7 Å². The first kappa shape index (κ1) is 14.2. The minimum Gasteiger partial charge on any atom is -0.396 e. The van der Waals surface area contributed by atoms with E-state index < -0.39 is 10.0 Å². The molecule has 2 unspecified atom stereocenters. The van der Waals surface area contributed by atoms with Crippen molar-refractivity contribution in [3.8, 4) is 0 Å². The molecule has 2 N–H and O–H groups in total. The summed E-state index contributed by atoms with van der Waals surface area (Å²) < 4.78 is 25.4. The van der Waals surface area contributed by atoms with E-state index in [1.807, 2.05) is 0 Å². The molecule has 0 spiro atoms. The summed E-state index contributed by atoms with van der Waals surface area (Å²) in [5, 5.41) is 9.20. The predicted octanol–water partition coefficient (Wildman–Crippen LogP) is 0.943. The molecule has 1 rings (SSSR count). The molecule has 1 fully saturated rings. The fraction of sp³-hybridized carbons (Fsp3) is 1.00. The van der Waals surface area contributed by atoms with Gasteiger partial charge in [0.2, 0.25) is 10.0 Å². The van der Waals surface area contributed by atoms with Crippen LogP contribution in [0.3, 0.4) is 0 Å². The first-order valence-electron chi connectivity index (χ1n) is 5.73. The lowest BCUT2D eigenvalue weighted by Crippen LogP contribution is -2.36. The fourth-order valence-electron chi connectivity index (χ4n) is 2.20. The Kier molecular flexibility index (Phi) is 6.03. The maximum absolute atomic E-state index is 11.4. The monoisotopic (exact) mass is 269 g/mol. The van der Waals surface area contributed by atoms with Crippen LogP contribution in [0.15, 0.2) is 0 Å². The molecule has 1 saturated carbocycles. The SMILES string of the molecule is O=S(=O)(CCCl)NCC1CCCCC1CO. The molecule has 0 bridgehead atoms. The molecule has 0 aromatic rings. The minimum absolute atomic E-state index is 0.0366. The van der Waals surface area contributed by atoms with Gasteiger partial charge < -0.3 is 5.11 Å². The van der Waals surface area contributed by atoms with Crippen molar-refractivity contribution in [2.75, 3.05) is 24.8 Å². The summed E-state index contributed by atoms with van der Waals surface area (Å²) in [4.78, 5) is 0. The Bertz CT molecular complexity index is 294. The van der Waals surface area contributed by atoms with Crippen LogP contribution in [-0.2, 0) is 10.0 Å². The van der Waals surface area contributed by atoms with Gasteiger partial charge in [0.1, 0.15) is 0 Å². The van der Waals surface area contributed by atoms with Gasteiger partial charge in [-0.3, -0.25) is 0 Å². The maximum atomic E-state index is 11.4. The maximum Gasteiger partial charge on any atom is 0.212 e. The number of hydrogen-bond donors (Lipinski definition) is 2. The minimum atomic E-state index is -3.23. The molecule has 1 aliphatic carbocycles. The van der Waals surface area contributed by atoms with Crippen LogP contribution in [0.25, 0.3) is 0 Å². The lowest BCUT2D eigenvalue weighted by Gasteiger charge is -2.30. The van der Waals surface area contributed by atoms with Crippen molar-refractivity contribution in [3.05, 3.63) is 0 Å². The average Bonchev–Trinajstić information content (AvgIpc) is 2.27. The Labute approximate surface area is 102 Å². The largest absolute Gasteiger partial charge is 0.396 e. The molecule has 1 aliphatic rings. The van der Waals surface area contributed by atoms with Gasteiger partial charge in [0.05, 0.1) is 5.75 Å². The number of sulfonamides is 1. The summed E-state index contributed by atoms with van der Waals surface area (Å²) in [7, 11) is -3.23. The lowest BCUT2D eigenvalue weighted by atomic mass is 9.80. The van der Waals surface area contributed by atoms with Gasteiger partial charge in [-0.2, -0.15) is 0 Å². The second-order valence-electron chi connectivity index (χ2n) is 4.34. The van der Waals surface area contributed by atoms with Crippen LogP contribution in [0.4, 0.5) is 0 Å². The van der Waals surface area contributed by atoms with E-state index in [2.05, 4.69) is 4.72 Å². The summed E-state index contributed by atoms with van der Waals surface area (Å²) in [5.74, 6) is 0.588. The molecule has 0 aromatic heterocycles. The normalized spacial score (nSPS) is 26.9. The zero-order chi connectivity index (χ0) is 12.0. The summed E-state index contributed by atoms with van der Waals surface area (Å²) in [6.07, 6.45) is 4.25. The first-order chi connectivity index (χ1) is 7.59. The highest BCUT2D eigenvalue weighted by molar-refractivity contribution is 7.89. The summed E-state index contributed by atoms with van der Waals surface area (Å²) in [6, 6.07) is 0. The van der Waals surface area contributed by atoms with Crippen LogP contribution < -0.4 is 4.72 Å². The van der Waals surface area contributed by atoms with Crippen LogP contribution in [0, 0.1) is 11.8 Å². The molecule has 16 heavy (non-hydrogen) atoms. The Hall–Kier alpha value is 0.160. The van der Waals surface area contributed by atoms with Crippen LogP contribution in [0.5, 0.6) is 0 Å². The smallest absolute Gasteiger partial charge is 0.212 e. The number of aliphatic hydroxyl groups excluding tert-OH is 1. The van der Waals surface area contributed by atoms with Gasteiger partial charge in [0.15, 0.2) is 0 Å². The van der Waals surface area contributed by atoms with E-state index in [0.717, 1.165) is 25.7 Å². The number of halogens is 1. The van der Waals surface area contributed by atoms with Crippen LogP contribution >= 0.6 is 11.6 Å². The van der Waals surface area contributed by atoms with Gasteiger partial charge in [-0.15, -0.1) is 11.6 Å². The van der Waals surface area contributed by atoms with Gasteiger partial charge >= 0.3 is 0 Å². The zero-order valence-electron chi connectivity index (χ0n) is 9.36. The fourth-order valence-corrected chi connectivity index (χ4v) is 3.63. The molecule has 0 heterocycles. The predicted molar refractivity (Wildman–Crippen MR) is 65.0 cm³/mol. The topological polar surface area (TPSA) is 66.4 Å². The van der Waals surface area contributed by atoms with E-state index >= 15 is 0 Å². The molecule has 0 aromatic carbocycles. The van der Waals surface area contributed by atoms with E-state index in [1.165, 1.54) is 0 Å². The van der Waals surface area contributed by atoms with Crippen molar-refractivity contribution in [2.24, 2.45) is 11.8 Å². The molecule has 0 amide bonds. The lowest BCUT2D eigenvalue weighted by molar-refractivity contribution is 0.136. The number of aliphatic hydroxyl groups is 1. The third-order valence-electron chi connectivity index (χ3n) is 3.21. The molecule has 4 nitrogen and oxygen atoms in total. The molecule has 0 aliphatic heterocycles. The standard InChI is InChI=1S/C10H20ClNO3S/c11-5-6-16(14,15)12-7-9-3-1-2-4-10(9)8-13/h9-10,12-13H,1-8H2. The summed E-state index contributed by atoms with van der Waals surface area (Å²) in [6.45, 7) is 0.590. The summed E-state index contributed by atoms with van der Waals surface area (Å²) >= 11 is 5.40. The number of hydrogen-bond acceptors (Lipinski definition) is 3. The Morgan fingerprint density at radius 1 is 1.25 bits per heavy atom. The van der Waals surface area contributed by atoms with Crippen molar-refractivity contribution in [3.63, 3.8) is 0 Å². The number of alkyl halides is 1. The van der Waals surface area contributed by atoms with E-state index in [9.17, 15) is 13.5 Å². The Balaban J connectivity index is 2.41. The third kappa shape index (κ3) is 4.57. The van der Waals surface area contributed by atoms with Gasteiger partial charge in [0.25, 0.3) is 0 Å². The van der Waals surface area contributed by atoms with Crippen molar-refractivity contribution in [1.29, 1.82) is 0 Å². The van der Waals surface area contributed by atoms with Crippen LogP contribution in [-0.4, -0.2) is 38.3 Å². The third-order valence-corrected chi connectivity index (χ3v) is 4.97. The second kappa shape index (κ2) is 6.79. The average molecular weight is 270 g/mol. The van der Waals surface area contributed by atoms with Crippen molar-refractivity contribution >= 4 is 21.6 Å². The zero-order valence-corrected chi connectivity index (χ0v) is 10.9. The van der Waals surface area contributed by atoms with Crippen LogP contribution in [0.1, 0.15) is 25.7 Å². The molecular formula is C10H20ClNO3S. The van der Waals surface area contributed by atoms with Crippen molar-refractivity contribution < 1.29 is 13.5 Å². The van der Waals surface area contributed by atoms with Crippen molar-refractivity contribution in [1.82, 2.24) is 4.72 Å². The molecule has 0 saturated heterocycles. The first-order valence-corrected chi connectivity index (χ1v) is 7.92. The van der Waals surface area contributed by atoms with Crippen molar-refractivity contribution in [2.45, 2.75) is 25.7 Å². The van der Waals surface area contributed by atoms with E-state index in [4.69, 9.17) is 11.6 Å². The van der Waals surface area contributed by atoms with Gasteiger partial charge in [-0.1, -0.05) is 12.8 Å². The molecule has 6 heteroatoms. The highest BCUT2D eigenvalue weighted by atomic mass is 35.5. The van der Waals surface area contributed by atoms with Crippen LogP contribution in [0.2, 0.25) is 0 Å². The molecule has 96 valence electrons. The molecular weight excluding hydrogens is 250 g/mol. The van der Waals surface area contributed by atoms with E-state index in [0.29, 0.717) is 6.54 Å². The highest BCUT2D eigenvalue weighted by Crippen LogP contribution is 2.29. The van der Waals surface area contributed by atoms with E-state index in [1.54, 1.807) is 0 Å². The molecule has 2 atom stereocenters. The highest BCUT2D eigenvalue weighted by Gasteiger charge is 2.25. The van der Waals surface area contributed by atoms with E-state index in [-0.39, 0.29) is 30.1 Å². The second-order valence-corrected chi connectivity index (χ2v) is 6.65. The quantitative estimate of drug-likeness (QED) is 0.706. The molecule has 0 radical (unpaired) electrons.